The molecule has 1 atom stereocenters. The van der Waals surface area contributed by atoms with Crippen LogP contribution in [0.15, 0.2) is 30.5 Å². The molecule has 0 bridgehead atoms. The smallest absolute Gasteiger partial charge is 0.326 e. The van der Waals surface area contributed by atoms with Gasteiger partial charge in [0.25, 0.3) is 0 Å². The number of aliphatic carboxylic acids is 1. The zero-order chi connectivity index (χ0) is 19.2. The molecule has 27 heavy (non-hydrogen) atoms. The molecule has 1 aliphatic rings. The fraction of sp³-hybridized carbons (Fsp3) is 0.474. The minimum absolute atomic E-state index is 0.249. The molecule has 0 spiro atoms. The number of amides is 2. The number of nitrogens with zero attached hydrogens (tertiary/aromatic N) is 2. The molecule has 2 aromatic rings. The van der Waals surface area contributed by atoms with E-state index < -0.39 is 12.0 Å². The summed E-state index contributed by atoms with van der Waals surface area (Å²) in [5, 5.41) is 13.3. The van der Waals surface area contributed by atoms with Crippen molar-refractivity contribution >= 4 is 34.7 Å². The Kier molecular flexibility index (Phi) is 6.63. The van der Waals surface area contributed by atoms with Crippen LogP contribution in [0, 0.1) is 0 Å². The number of H-pyrrole nitrogens is 1. The van der Waals surface area contributed by atoms with E-state index in [4.69, 9.17) is 0 Å². The van der Waals surface area contributed by atoms with Crippen molar-refractivity contribution < 1.29 is 14.7 Å². The van der Waals surface area contributed by atoms with E-state index in [2.05, 4.69) is 21.5 Å². The van der Waals surface area contributed by atoms with E-state index in [-0.39, 0.29) is 12.5 Å². The molecule has 2 heterocycles. The van der Waals surface area contributed by atoms with E-state index in [0.29, 0.717) is 13.1 Å². The number of urea groups is 1. The van der Waals surface area contributed by atoms with Crippen LogP contribution in [0.4, 0.5) is 4.79 Å². The lowest BCUT2D eigenvalue weighted by molar-refractivity contribution is -0.139. The number of aromatic amines is 1. The van der Waals surface area contributed by atoms with E-state index in [9.17, 15) is 14.7 Å². The van der Waals surface area contributed by atoms with Gasteiger partial charge in [-0.2, -0.15) is 11.8 Å². The molecule has 1 saturated heterocycles. The minimum Gasteiger partial charge on any atom is -0.480 e. The standard InChI is InChI=1S/C19H26N4O3S/c1-27-11-10-22-6-8-23(9-7-22)19(26)21-17(18(24)25)12-14-13-20-16-5-3-2-4-15(14)16/h2-5,13,17,20H,6-12H2,1H3,(H,21,26)(H,24,25)/t17-/m0/s1. The van der Waals surface area contributed by atoms with Gasteiger partial charge < -0.3 is 20.3 Å². The summed E-state index contributed by atoms with van der Waals surface area (Å²) in [6.45, 7) is 3.93. The Morgan fingerprint density at radius 1 is 1.26 bits per heavy atom. The fourth-order valence-electron chi connectivity index (χ4n) is 3.36. The predicted molar refractivity (Wildman–Crippen MR) is 108 cm³/mol. The van der Waals surface area contributed by atoms with Crippen molar-refractivity contribution in [2.24, 2.45) is 0 Å². The van der Waals surface area contributed by atoms with Crippen LogP contribution in [0.25, 0.3) is 10.9 Å². The Morgan fingerprint density at radius 2 is 2.00 bits per heavy atom. The number of nitrogens with one attached hydrogen (secondary N) is 2. The van der Waals surface area contributed by atoms with E-state index in [1.54, 1.807) is 4.90 Å². The number of para-hydroxylation sites is 1. The highest BCUT2D eigenvalue weighted by Gasteiger charge is 2.26. The van der Waals surface area contributed by atoms with E-state index in [0.717, 1.165) is 41.9 Å². The summed E-state index contributed by atoms with van der Waals surface area (Å²) in [6.07, 6.45) is 4.15. The van der Waals surface area contributed by atoms with Crippen molar-refractivity contribution in [3.05, 3.63) is 36.0 Å². The Bertz CT molecular complexity index is 786. The molecule has 1 aliphatic heterocycles. The third kappa shape index (κ3) is 4.95. The maximum absolute atomic E-state index is 12.5. The number of hydrogen-bond donors (Lipinski definition) is 3. The van der Waals surface area contributed by atoms with Crippen LogP contribution in [-0.4, -0.2) is 82.7 Å². The van der Waals surface area contributed by atoms with Gasteiger partial charge >= 0.3 is 12.0 Å². The molecule has 7 nitrogen and oxygen atoms in total. The van der Waals surface area contributed by atoms with Gasteiger partial charge in [0.1, 0.15) is 6.04 Å². The van der Waals surface area contributed by atoms with Crippen molar-refractivity contribution in [2.45, 2.75) is 12.5 Å². The number of carbonyl (C=O) groups is 2. The molecular weight excluding hydrogens is 364 g/mol. The summed E-state index contributed by atoms with van der Waals surface area (Å²) in [7, 11) is 0. The number of aromatic nitrogens is 1. The molecule has 0 radical (unpaired) electrons. The second-order valence-corrected chi connectivity index (χ2v) is 7.71. The summed E-state index contributed by atoms with van der Waals surface area (Å²) in [4.78, 5) is 31.4. The molecule has 0 aliphatic carbocycles. The maximum atomic E-state index is 12.5. The normalized spacial score (nSPS) is 16.4. The van der Waals surface area contributed by atoms with Gasteiger partial charge in [-0.05, 0) is 17.9 Å². The number of rotatable bonds is 7. The lowest BCUT2D eigenvalue weighted by Gasteiger charge is -2.35. The molecule has 0 saturated carbocycles. The molecule has 1 fully saturated rings. The monoisotopic (exact) mass is 390 g/mol. The average molecular weight is 391 g/mol. The van der Waals surface area contributed by atoms with E-state index >= 15 is 0 Å². The quantitative estimate of drug-likeness (QED) is 0.672. The molecule has 0 unspecified atom stereocenters. The molecule has 3 rings (SSSR count). The highest BCUT2D eigenvalue weighted by atomic mass is 32.2. The Balaban J connectivity index is 1.58. The topological polar surface area (TPSA) is 88.7 Å². The molecule has 146 valence electrons. The number of carboxylic acid groups (broad SMARTS) is 1. The minimum atomic E-state index is -1.02. The Labute approximate surface area is 163 Å². The predicted octanol–water partition coefficient (Wildman–Crippen LogP) is 1.85. The number of carbonyl (C=O) groups excluding carboxylic acids is 1. The number of carboxylic acids is 1. The Hall–Kier alpha value is -2.19. The van der Waals surface area contributed by atoms with Gasteiger partial charge in [-0.15, -0.1) is 0 Å². The van der Waals surface area contributed by atoms with E-state index in [1.165, 1.54) is 0 Å². The first-order chi connectivity index (χ1) is 13.1. The molecule has 3 N–H and O–H groups in total. The number of hydrogen-bond acceptors (Lipinski definition) is 4. The summed E-state index contributed by atoms with van der Waals surface area (Å²) in [5.74, 6) is 0.0602. The first-order valence-electron chi connectivity index (χ1n) is 9.13. The van der Waals surface area contributed by atoms with Crippen LogP contribution in [-0.2, 0) is 11.2 Å². The van der Waals surface area contributed by atoms with Crippen LogP contribution in [0.3, 0.4) is 0 Å². The first kappa shape index (κ1) is 19.6. The van der Waals surface area contributed by atoms with Crippen molar-refractivity contribution in [3.8, 4) is 0 Å². The number of piperazine rings is 1. The molecule has 1 aromatic heterocycles. The van der Waals surface area contributed by atoms with Gasteiger partial charge in [-0.1, -0.05) is 18.2 Å². The van der Waals surface area contributed by atoms with Crippen molar-refractivity contribution in [1.29, 1.82) is 0 Å². The Morgan fingerprint density at radius 3 is 2.70 bits per heavy atom. The number of fused-ring (bicyclic) bond motifs is 1. The average Bonchev–Trinajstić information content (AvgIpc) is 3.09. The summed E-state index contributed by atoms with van der Waals surface area (Å²) in [6, 6.07) is 6.50. The maximum Gasteiger partial charge on any atom is 0.326 e. The lowest BCUT2D eigenvalue weighted by atomic mass is 10.1. The van der Waals surface area contributed by atoms with Gasteiger partial charge in [-0.3, -0.25) is 4.90 Å². The molecule has 8 heteroatoms. The van der Waals surface area contributed by atoms with E-state index in [1.807, 2.05) is 42.2 Å². The van der Waals surface area contributed by atoms with Crippen molar-refractivity contribution in [3.63, 3.8) is 0 Å². The van der Waals surface area contributed by atoms with Crippen LogP contribution in [0.1, 0.15) is 5.56 Å². The van der Waals surface area contributed by atoms with Gasteiger partial charge in [-0.25, -0.2) is 9.59 Å². The largest absolute Gasteiger partial charge is 0.480 e. The second kappa shape index (κ2) is 9.14. The van der Waals surface area contributed by atoms with Crippen LogP contribution in [0.2, 0.25) is 0 Å². The van der Waals surface area contributed by atoms with Crippen molar-refractivity contribution in [1.82, 2.24) is 20.1 Å². The van der Waals surface area contributed by atoms with Gasteiger partial charge in [0.15, 0.2) is 0 Å². The number of thioether (sulfide) groups is 1. The highest BCUT2D eigenvalue weighted by molar-refractivity contribution is 7.98. The summed E-state index contributed by atoms with van der Waals surface area (Å²) >= 11 is 1.81. The van der Waals surface area contributed by atoms with Crippen LogP contribution < -0.4 is 5.32 Å². The number of benzene rings is 1. The first-order valence-corrected chi connectivity index (χ1v) is 10.5. The SMILES string of the molecule is CSCCN1CCN(C(=O)N[C@@H](Cc2c[nH]c3ccccc23)C(=O)O)CC1. The third-order valence-electron chi connectivity index (χ3n) is 4.97. The fourth-order valence-corrected chi connectivity index (χ4v) is 3.80. The zero-order valence-corrected chi connectivity index (χ0v) is 16.3. The lowest BCUT2D eigenvalue weighted by Crippen LogP contribution is -2.55. The summed E-state index contributed by atoms with van der Waals surface area (Å²) in [5.41, 5.74) is 1.85. The molecule has 1 aromatic carbocycles. The van der Waals surface area contributed by atoms with Gasteiger partial charge in [0.05, 0.1) is 0 Å². The molecular formula is C19H26N4O3S. The van der Waals surface area contributed by atoms with Gasteiger partial charge in [0, 0.05) is 62.0 Å². The van der Waals surface area contributed by atoms with Gasteiger partial charge in [0.2, 0.25) is 0 Å². The summed E-state index contributed by atoms with van der Waals surface area (Å²) < 4.78 is 0. The third-order valence-corrected chi connectivity index (χ3v) is 5.56. The van der Waals surface area contributed by atoms with Crippen molar-refractivity contribution in [2.75, 3.05) is 44.7 Å². The second-order valence-electron chi connectivity index (χ2n) is 6.73. The molecule has 2 amide bonds. The highest BCUT2D eigenvalue weighted by Crippen LogP contribution is 2.19. The van der Waals surface area contributed by atoms with Crippen LogP contribution in [0.5, 0.6) is 0 Å². The van der Waals surface area contributed by atoms with Crippen LogP contribution >= 0.6 is 11.8 Å². The zero-order valence-electron chi connectivity index (χ0n) is 15.5.